The number of aromatic nitrogens is 1. The van der Waals surface area contributed by atoms with Crippen LogP contribution in [0.5, 0.6) is 0 Å². The summed E-state index contributed by atoms with van der Waals surface area (Å²) in [7, 11) is 0. The molecule has 0 aromatic carbocycles. The number of amides is 1. The number of alkyl halides is 1. The summed E-state index contributed by atoms with van der Waals surface area (Å²) in [4.78, 5) is 16.2. The van der Waals surface area contributed by atoms with Crippen LogP contribution in [0.3, 0.4) is 0 Å². The first kappa shape index (κ1) is 13.2. The van der Waals surface area contributed by atoms with Crippen LogP contribution in [0.4, 0.5) is 0 Å². The first-order valence-electron chi connectivity index (χ1n) is 5.39. The van der Waals surface area contributed by atoms with Gasteiger partial charge in [0.1, 0.15) is 0 Å². The lowest BCUT2D eigenvalue weighted by atomic mass is 10.1. The van der Waals surface area contributed by atoms with E-state index in [0.717, 1.165) is 23.1 Å². The minimum Gasteiger partial charge on any atom is -0.348 e. The molecule has 16 heavy (non-hydrogen) atoms. The Balaban J connectivity index is 2.80. The van der Waals surface area contributed by atoms with Crippen LogP contribution in [-0.2, 0) is 0 Å². The van der Waals surface area contributed by atoms with Crippen molar-refractivity contribution < 1.29 is 4.79 Å². The number of aryl methyl sites for hydroxylation is 2. The van der Waals surface area contributed by atoms with Crippen LogP contribution in [0, 0.1) is 13.8 Å². The Labute approximate surface area is 105 Å². The van der Waals surface area contributed by atoms with Crippen molar-refractivity contribution in [3.8, 4) is 0 Å². The Kier molecular flexibility index (Phi) is 4.93. The second-order valence-corrected chi connectivity index (χ2v) is 4.47. The van der Waals surface area contributed by atoms with Gasteiger partial charge in [-0.3, -0.25) is 9.78 Å². The zero-order chi connectivity index (χ0) is 12.1. The topological polar surface area (TPSA) is 42.0 Å². The van der Waals surface area contributed by atoms with Crippen molar-refractivity contribution >= 4 is 21.8 Å². The molecule has 0 saturated carbocycles. The lowest BCUT2D eigenvalue weighted by molar-refractivity contribution is 0.0939. The molecular formula is C12H17BrN2O. The molecule has 0 aliphatic rings. The summed E-state index contributed by atoms with van der Waals surface area (Å²) in [5.41, 5.74) is 2.37. The van der Waals surface area contributed by atoms with Crippen molar-refractivity contribution in [1.82, 2.24) is 10.3 Å². The predicted octanol–water partition coefficient (Wildman–Crippen LogP) is 2.60. The number of hydrogen-bond donors (Lipinski definition) is 1. The maximum Gasteiger partial charge on any atom is 0.253 e. The van der Waals surface area contributed by atoms with Gasteiger partial charge in [-0.05, 0) is 32.4 Å². The molecule has 1 amide bonds. The zero-order valence-corrected chi connectivity index (χ0v) is 11.5. The summed E-state index contributed by atoms with van der Waals surface area (Å²) in [6.45, 7) is 5.82. The smallest absolute Gasteiger partial charge is 0.253 e. The van der Waals surface area contributed by atoms with Gasteiger partial charge in [0.05, 0.1) is 11.3 Å². The number of nitrogens with one attached hydrogen (secondary N) is 1. The van der Waals surface area contributed by atoms with Crippen molar-refractivity contribution in [2.24, 2.45) is 0 Å². The Hall–Kier alpha value is -0.900. The molecule has 0 fully saturated rings. The van der Waals surface area contributed by atoms with Crippen LogP contribution in [-0.4, -0.2) is 22.3 Å². The molecule has 0 saturated heterocycles. The Morgan fingerprint density at radius 1 is 1.50 bits per heavy atom. The highest BCUT2D eigenvalue weighted by Crippen LogP contribution is 2.07. The average Bonchev–Trinajstić information content (AvgIpc) is 2.25. The van der Waals surface area contributed by atoms with Gasteiger partial charge >= 0.3 is 0 Å². The molecule has 0 aliphatic carbocycles. The van der Waals surface area contributed by atoms with Gasteiger partial charge < -0.3 is 5.32 Å². The highest BCUT2D eigenvalue weighted by molar-refractivity contribution is 9.09. The number of rotatable bonds is 4. The minimum absolute atomic E-state index is 0.0451. The van der Waals surface area contributed by atoms with E-state index in [2.05, 4.69) is 26.2 Å². The monoisotopic (exact) mass is 284 g/mol. The molecule has 4 heteroatoms. The standard InChI is InChI=1S/C12H17BrN2O/c1-4-10(7-13)15-12(16)11-6-5-8(2)14-9(11)3/h5-6,10H,4,7H2,1-3H3,(H,15,16). The molecule has 0 spiro atoms. The second-order valence-electron chi connectivity index (χ2n) is 3.82. The van der Waals surface area contributed by atoms with Crippen LogP contribution in [0.15, 0.2) is 12.1 Å². The van der Waals surface area contributed by atoms with Crippen LogP contribution >= 0.6 is 15.9 Å². The predicted molar refractivity (Wildman–Crippen MR) is 69.1 cm³/mol. The van der Waals surface area contributed by atoms with E-state index in [9.17, 15) is 4.79 Å². The molecule has 88 valence electrons. The molecule has 1 atom stereocenters. The molecule has 0 bridgehead atoms. The molecule has 1 rings (SSSR count). The van der Waals surface area contributed by atoms with Crippen LogP contribution in [0.25, 0.3) is 0 Å². The summed E-state index contributed by atoms with van der Waals surface area (Å²) in [5.74, 6) is -0.0451. The largest absolute Gasteiger partial charge is 0.348 e. The van der Waals surface area contributed by atoms with Crippen molar-refractivity contribution in [2.75, 3.05) is 5.33 Å². The van der Waals surface area contributed by atoms with E-state index in [1.807, 2.05) is 32.9 Å². The van der Waals surface area contributed by atoms with Crippen molar-refractivity contribution in [2.45, 2.75) is 33.2 Å². The Morgan fingerprint density at radius 3 is 2.69 bits per heavy atom. The molecule has 1 aromatic rings. The Bertz CT molecular complexity index is 375. The van der Waals surface area contributed by atoms with Gasteiger partial charge in [0.15, 0.2) is 0 Å². The van der Waals surface area contributed by atoms with Gasteiger partial charge in [0, 0.05) is 17.1 Å². The third-order valence-corrected chi connectivity index (χ3v) is 3.27. The number of carbonyl (C=O) groups is 1. The third-order valence-electron chi connectivity index (χ3n) is 2.48. The van der Waals surface area contributed by atoms with E-state index in [4.69, 9.17) is 0 Å². The minimum atomic E-state index is -0.0451. The molecule has 0 radical (unpaired) electrons. The molecule has 1 aromatic heterocycles. The first-order chi connectivity index (χ1) is 7.58. The summed E-state index contributed by atoms with van der Waals surface area (Å²) in [6, 6.07) is 3.86. The molecule has 1 heterocycles. The van der Waals surface area contributed by atoms with E-state index in [1.54, 1.807) is 0 Å². The van der Waals surface area contributed by atoms with E-state index in [-0.39, 0.29) is 11.9 Å². The molecular weight excluding hydrogens is 268 g/mol. The lowest BCUT2D eigenvalue weighted by Crippen LogP contribution is -2.36. The number of halogens is 1. The molecule has 0 aliphatic heterocycles. The summed E-state index contributed by atoms with van der Waals surface area (Å²) in [5, 5.41) is 3.74. The van der Waals surface area contributed by atoms with E-state index < -0.39 is 0 Å². The Morgan fingerprint density at radius 2 is 2.19 bits per heavy atom. The van der Waals surface area contributed by atoms with Gasteiger partial charge in [0.25, 0.3) is 5.91 Å². The van der Waals surface area contributed by atoms with Gasteiger partial charge in [-0.15, -0.1) is 0 Å². The van der Waals surface area contributed by atoms with Gasteiger partial charge in [-0.25, -0.2) is 0 Å². The summed E-state index contributed by atoms with van der Waals surface area (Å²) < 4.78 is 0. The first-order valence-corrected chi connectivity index (χ1v) is 6.51. The maximum atomic E-state index is 11.9. The molecule has 3 nitrogen and oxygen atoms in total. The highest BCUT2D eigenvalue weighted by atomic mass is 79.9. The van der Waals surface area contributed by atoms with E-state index in [1.165, 1.54) is 0 Å². The molecule has 1 N–H and O–H groups in total. The lowest BCUT2D eigenvalue weighted by Gasteiger charge is -2.14. The fourth-order valence-corrected chi connectivity index (χ4v) is 2.06. The van der Waals surface area contributed by atoms with Crippen molar-refractivity contribution in [3.05, 3.63) is 29.1 Å². The number of nitrogens with zero attached hydrogens (tertiary/aromatic N) is 1. The van der Waals surface area contributed by atoms with Gasteiger partial charge in [-0.1, -0.05) is 22.9 Å². The van der Waals surface area contributed by atoms with Crippen LogP contribution < -0.4 is 5.32 Å². The average molecular weight is 285 g/mol. The SMILES string of the molecule is CCC(CBr)NC(=O)c1ccc(C)nc1C. The van der Waals surface area contributed by atoms with Crippen molar-refractivity contribution in [3.63, 3.8) is 0 Å². The normalized spacial score (nSPS) is 12.2. The fourth-order valence-electron chi connectivity index (χ4n) is 1.44. The molecule has 1 unspecified atom stereocenters. The number of pyridine rings is 1. The zero-order valence-electron chi connectivity index (χ0n) is 9.88. The number of carbonyl (C=O) groups excluding carboxylic acids is 1. The van der Waals surface area contributed by atoms with Gasteiger partial charge in [0.2, 0.25) is 0 Å². The second kappa shape index (κ2) is 5.99. The van der Waals surface area contributed by atoms with E-state index in [0.29, 0.717) is 5.56 Å². The van der Waals surface area contributed by atoms with Crippen LogP contribution in [0.2, 0.25) is 0 Å². The van der Waals surface area contributed by atoms with Crippen LogP contribution in [0.1, 0.15) is 35.1 Å². The van der Waals surface area contributed by atoms with E-state index >= 15 is 0 Å². The van der Waals surface area contributed by atoms with Gasteiger partial charge in [-0.2, -0.15) is 0 Å². The number of hydrogen-bond acceptors (Lipinski definition) is 2. The fraction of sp³-hybridized carbons (Fsp3) is 0.500. The quantitative estimate of drug-likeness (QED) is 0.864. The summed E-state index contributed by atoms with van der Waals surface area (Å²) >= 11 is 3.38. The highest BCUT2D eigenvalue weighted by Gasteiger charge is 2.13. The maximum absolute atomic E-state index is 11.9. The van der Waals surface area contributed by atoms with Crippen molar-refractivity contribution in [1.29, 1.82) is 0 Å². The third kappa shape index (κ3) is 3.30. The summed E-state index contributed by atoms with van der Waals surface area (Å²) in [6.07, 6.45) is 0.912.